The Morgan fingerprint density at radius 3 is 2.83 bits per heavy atom. The largest absolute Gasteiger partial charge is 0.467 e. The Morgan fingerprint density at radius 2 is 2.21 bits per heavy atom. The number of alkyl halides is 3. The molecule has 3 N–H and O–H groups in total. The van der Waals surface area contributed by atoms with Crippen molar-refractivity contribution >= 4 is 11.9 Å². The van der Waals surface area contributed by atoms with E-state index >= 15 is 0 Å². The number of carbonyl (C=O) groups is 2. The molecule has 24 heavy (non-hydrogen) atoms. The number of halogens is 3. The van der Waals surface area contributed by atoms with Crippen molar-refractivity contribution in [3.63, 3.8) is 0 Å². The molecule has 0 radical (unpaired) electrons. The molecule has 0 aromatic carbocycles. The van der Waals surface area contributed by atoms with Gasteiger partial charge in [-0.3, -0.25) is 15.0 Å². The van der Waals surface area contributed by atoms with Crippen LogP contribution in [0.2, 0.25) is 0 Å². The van der Waals surface area contributed by atoms with E-state index < -0.39 is 36.8 Å². The van der Waals surface area contributed by atoms with E-state index in [4.69, 9.17) is 4.42 Å². The van der Waals surface area contributed by atoms with Gasteiger partial charge in [-0.15, -0.1) is 0 Å². The molecule has 1 saturated heterocycles. The number of nitrogens with one attached hydrogen (secondary N) is 2. The van der Waals surface area contributed by atoms with Gasteiger partial charge in [0.25, 0.3) is 0 Å². The topological polar surface area (TPSA) is 94.8 Å². The Kier molecular flexibility index (Phi) is 5.84. The number of furan rings is 1. The maximum absolute atomic E-state index is 12.6. The first-order valence-corrected chi connectivity index (χ1v) is 7.36. The normalized spacial score (nSPS) is 19.9. The summed E-state index contributed by atoms with van der Waals surface area (Å²) in [5.74, 6) is -0.251. The van der Waals surface area contributed by atoms with E-state index in [0.717, 1.165) is 0 Å². The predicted octanol–water partition coefficient (Wildman–Crippen LogP) is 0.993. The monoisotopic (exact) mass is 349 g/mol. The lowest BCUT2D eigenvalue weighted by Gasteiger charge is -2.29. The summed E-state index contributed by atoms with van der Waals surface area (Å²) >= 11 is 0. The zero-order valence-electron chi connectivity index (χ0n) is 12.7. The number of rotatable bonds is 5. The number of imide groups is 1. The van der Waals surface area contributed by atoms with Crippen LogP contribution in [-0.2, 0) is 11.3 Å². The molecule has 0 unspecified atom stereocenters. The van der Waals surface area contributed by atoms with Crippen molar-refractivity contribution in [1.29, 1.82) is 0 Å². The molecule has 1 aliphatic rings. The quantitative estimate of drug-likeness (QED) is 0.737. The summed E-state index contributed by atoms with van der Waals surface area (Å²) in [6, 6.07) is 1.32. The molecule has 1 aromatic rings. The fourth-order valence-corrected chi connectivity index (χ4v) is 2.60. The van der Waals surface area contributed by atoms with Gasteiger partial charge in [0.15, 0.2) is 6.10 Å². The Balaban J connectivity index is 1.79. The van der Waals surface area contributed by atoms with E-state index in [0.29, 0.717) is 12.2 Å². The summed E-state index contributed by atoms with van der Waals surface area (Å²) in [5.41, 5.74) is 0. The summed E-state index contributed by atoms with van der Waals surface area (Å²) in [7, 11) is 0. The fraction of sp³-hybridized carbons (Fsp3) is 0.571. The summed E-state index contributed by atoms with van der Waals surface area (Å²) in [6.45, 7) is -0.0730. The van der Waals surface area contributed by atoms with E-state index in [-0.39, 0.29) is 19.5 Å². The number of aliphatic hydroxyl groups is 1. The van der Waals surface area contributed by atoms with Crippen molar-refractivity contribution in [1.82, 2.24) is 15.5 Å². The van der Waals surface area contributed by atoms with Crippen molar-refractivity contribution in [2.75, 3.05) is 13.1 Å². The average molecular weight is 349 g/mol. The zero-order valence-corrected chi connectivity index (χ0v) is 12.7. The molecule has 7 nitrogen and oxygen atoms in total. The molecular weight excluding hydrogens is 331 g/mol. The van der Waals surface area contributed by atoms with Crippen LogP contribution in [0.4, 0.5) is 18.0 Å². The third kappa shape index (κ3) is 4.96. The van der Waals surface area contributed by atoms with Crippen LogP contribution in [-0.4, -0.2) is 53.4 Å². The molecule has 0 aliphatic carbocycles. The second-order valence-electron chi connectivity index (χ2n) is 5.48. The van der Waals surface area contributed by atoms with Crippen molar-refractivity contribution in [2.24, 2.45) is 0 Å². The summed E-state index contributed by atoms with van der Waals surface area (Å²) < 4.78 is 42.8. The van der Waals surface area contributed by atoms with Crippen molar-refractivity contribution < 1.29 is 32.3 Å². The van der Waals surface area contributed by atoms with Gasteiger partial charge in [-0.25, -0.2) is 4.79 Å². The Bertz CT molecular complexity index is 562. The summed E-state index contributed by atoms with van der Waals surface area (Å²) in [5, 5.41) is 13.8. The molecule has 0 bridgehead atoms. The van der Waals surface area contributed by atoms with Gasteiger partial charge in [0, 0.05) is 6.04 Å². The standard InChI is InChI=1S/C14H18F3N3O4/c15-14(16,17)12(22)10-4-1-5-20(10)8-11(21)19-13(23)18-7-9-3-2-6-24-9/h2-3,6,10,12,22H,1,4-5,7-8H2,(H2,18,19,21,23)/t10-,12-/m0/s1. The summed E-state index contributed by atoms with van der Waals surface area (Å²) in [4.78, 5) is 24.6. The van der Waals surface area contributed by atoms with E-state index in [9.17, 15) is 27.9 Å². The number of carbonyl (C=O) groups excluding carboxylic acids is 2. The maximum Gasteiger partial charge on any atom is 0.415 e. The number of amides is 3. The van der Waals surface area contributed by atoms with Crippen LogP contribution in [0.5, 0.6) is 0 Å². The Morgan fingerprint density at radius 1 is 1.46 bits per heavy atom. The molecule has 1 fully saturated rings. The van der Waals surface area contributed by atoms with E-state index in [1.165, 1.54) is 11.2 Å². The number of aliphatic hydroxyl groups excluding tert-OH is 1. The zero-order chi connectivity index (χ0) is 17.7. The minimum atomic E-state index is -4.75. The molecule has 0 saturated carbocycles. The molecule has 3 amide bonds. The number of urea groups is 1. The summed E-state index contributed by atoms with van der Waals surface area (Å²) in [6.07, 6.45) is -5.25. The molecule has 134 valence electrons. The second-order valence-corrected chi connectivity index (χ2v) is 5.48. The van der Waals surface area contributed by atoms with Gasteiger partial charge in [-0.05, 0) is 31.5 Å². The van der Waals surface area contributed by atoms with Gasteiger partial charge in [-0.1, -0.05) is 0 Å². The van der Waals surface area contributed by atoms with Crippen LogP contribution in [0.3, 0.4) is 0 Å². The molecule has 0 spiro atoms. The van der Waals surface area contributed by atoms with Gasteiger partial charge in [0.1, 0.15) is 5.76 Å². The van der Waals surface area contributed by atoms with Crippen molar-refractivity contribution in [3.8, 4) is 0 Å². The first-order chi connectivity index (χ1) is 11.3. The average Bonchev–Trinajstić information content (AvgIpc) is 3.14. The van der Waals surface area contributed by atoms with Gasteiger partial charge in [0.2, 0.25) is 5.91 Å². The minimum absolute atomic E-state index is 0.0746. The lowest BCUT2D eigenvalue weighted by Crippen LogP contribution is -2.51. The van der Waals surface area contributed by atoms with E-state index in [2.05, 4.69) is 5.32 Å². The van der Waals surface area contributed by atoms with Crippen LogP contribution >= 0.6 is 0 Å². The molecule has 1 aliphatic heterocycles. The molecule has 2 rings (SSSR count). The first kappa shape index (κ1) is 18.3. The van der Waals surface area contributed by atoms with Crippen LogP contribution in [0.25, 0.3) is 0 Å². The maximum atomic E-state index is 12.6. The Labute approximate surface area is 135 Å². The number of hydrogen-bond acceptors (Lipinski definition) is 5. The molecular formula is C14H18F3N3O4. The van der Waals surface area contributed by atoms with Crippen LogP contribution in [0, 0.1) is 0 Å². The predicted molar refractivity (Wildman–Crippen MR) is 75.7 cm³/mol. The van der Waals surface area contributed by atoms with Crippen LogP contribution in [0.15, 0.2) is 22.8 Å². The highest BCUT2D eigenvalue weighted by molar-refractivity contribution is 5.95. The van der Waals surface area contributed by atoms with Crippen LogP contribution < -0.4 is 10.6 Å². The third-order valence-electron chi connectivity index (χ3n) is 3.72. The van der Waals surface area contributed by atoms with E-state index in [1.807, 2.05) is 5.32 Å². The molecule has 2 heterocycles. The third-order valence-corrected chi connectivity index (χ3v) is 3.72. The smallest absolute Gasteiger partial charge is 0.415 e. The van der Waals surface area contributed by atoms with Gasteiger partial charge >= 0.3 is 12.2 Å². The minimum Gasteiger partial charge on any atom is -0.467 e. The molecule has 10 heteroatoms. The number of likely N-dealkylation sites (tertiary alicyclic amines) is 1. The highest BCUT2D eigenvalue weighted by Crippen LogP contribution is 2.30. The number of nitrogens with zero attached hydrogens (tertiary/aromatic N) is 1. The van der Waals surface area contributed by atoms with Gasteiger partial charge < -0.3 is 14.8 Å². The number of hydrogen-bond donors (Lipinski definition) is 3. The second kappa shape index (κ2) is 7.67. The highest BCUT2D eigenvalue weighted by atomic mass is 19.4. The van der Waals surface area contributed by atoms with Crippen molar-refractivity contribution in [2.45, 2.75) is 37.7 Å². The van der Waals surface area contributed by atoms with E-state index in [1.54, 1.807) is 12.1 Å². The van der Waals surface area contributed by atoms with Gasteiger partial charge in [-0.2, -0.15) is 13.2 Å². The SMILES string of the molecule is O=C(CN1CCC[C@H]1[C@H](O)C(F)(F)F)NC(=O)NCc1ccco1. The van der Waals surface area contributed by atoms with Crippen LogP contribution in [0.1, 0.15) is 18.6 Å². The van der Waals surface area contributed by atoms with Crippen molar-refractivity contribution in [3.05, 3.63) is 24.2 Å². The fourth-order valence-electron chi connectivity index (χ4n) is 2.60. The first-order valence-electron chi connectivity index (χ1n) is 7.36. The molecule has 1 aromatic heterocycles. The lowest BCUT2D eigenvalue weighted by molar-refractivity contribution is -0.219. The molecule has 2 atom stereocenters. The van der Waals surface area contributed by atoms with Gasteiger partial charge in [0.05, 0.1) is 19.4 Å². The highest BCUT2D eigenvalue weighted by Gasteiger charge is 2.47. The lowest BCUT2D eigenvalue weighted by atomic mass is 10.1. The Hall–Kier alpha value is -2.07.